The molecule has 2 aromatic rings. The van der Waals surface area contributed by atoms with Crippen molar-refractivity contribution in [3.05, 3.63) is 62.3 Å². The molecule has 6 heteroatoms. The largest absolute Gasteiger partial charge is 0.483 e. The van der Waals surface area contributed by atoms with E-state index in [1.54, 1.807) is 12.1 Å². The Bertz CT molecular complexity index is 652. The molecule has 0 saturated carbocycles. The molecule has 0 fully saturated rings. The Kier molecular flexibility index (Phi) is 5.49. The second-order valence-corrected chi connectivity index (χ2v) is 6.35. The number of benzene rings is 2. The van der Waals surface area contributed by atoms with Gasteiger partial charge in [-0.05, 0) is 46.6 Å². The summed E-state index contributed by atoms with van der Waals surface area (Å²) in [6.07, 6.45) is -0.458. The Hall–Kier alpha value is -0.810. The molecule has 2 nitrogen and oxygen atoms in total. The number of nitrogens with two attached hydrogens (primary N) is 1. The highest BCUT2D eigenvalue weighted by Gasteiger charge is 2.20. The van der Waals surface area contributed by atoms with Gasteiger partial charge in [-0.25, -0.2) is 4.39 Å². The Morgan fingerprint density at radius 3 is 2.57 bits per heavy atom. The predicted octanol–water partition coefficient (Wildman–Crippen LogP) is 5.36. The fourth-order valence-electron chi connectivity index (χ4n) is 1.89. The van der Waals surface area contributed by atoms with E-state index in [1.807, 2.05) is 19.1 Å². The Morgan fingerprint density at radius 2 is 1.95 bits per heavy atom. The normalized spacial score (nSPS) is 13.8. The molecule has 112 valence electrons. The molecular formula is C15H13BrCl2FNO. The zero-order chi connectivity index (χ0) is 15.6. The van der Waals surface area contributed by atoms with Crippen LogP contribution in [-0.4, -0.2) is 6.04 Å². The van der Waals surface area contributed by atoms with Crippen LogP contribution in [0.3, 0.4) is 0 Å². The molecule has 0 radical (unpaired) electrons. The van der Waals surface area contributed by atoms with Gasteiger partial charge in [-0.1, -0.05) is 35.3 Å². The molecule has 2 rings (SSSR count). The summed E-state index contributed by atoms with van der Waals surface area (Å²) in [5, 5.41) is 0.609. The van der Waals surface area contributed by atoms with Gasteiger partial charge in [0.1, 0.15) is 17.7 Å². The first kappa shape index (κ1) is 16.6. The lowest BCUT2D eigenvalue weighted by Gasteiger charge is -2.24. The lowest BCUT2D eigenvalue weighted by molar-refractivity contribution is 0.178. The molecule has 2 N–H and O–H groups in total. The van der Waals surface area contributed by atoms with E-state index in [0.717, 1.165) is 5.56 Å². The van der Waals surface area contributed by atoms with Crippen molar-refractivity contribution in [1.29, 1.82) is 0 Å². The first-order chi connectivity index (χ1) is 9.88. The number of ether oxygens (including phenoxy) is 1. The Labute approximate surface area is 141 Å². The topological polar surface area (TPSA) is 35.2 Å². The molecule has 0 aliphatic rings. The molecule has 2 atom stereocenters. The predicted molar refractivity (Wildman–Crippen MR) is 87.6 cm³/mol. The van der Waals surface area contributed by atoms with Gasteiger partial charge in [0, 0.05) is 17.1 Å². The number of halogens is 4. The van der Waals surface area contributed by atoms with Crippen molar-refractivity contribution in [1.82, 2.24) is 0 Å². The monoisotopic (exact) mass is 391 g/mol. The lowest BCUT2D eigenvalue weighted by atomic mass is 10.0. The molecule has 0 aromatic heterocycles. The molecule has 21 heavy (non-hydrogen) atoms. The summed E-state index contributed by atoms with van der Waals surface area (Å²) in [5.74, 6) is -0.219. The van der Waals surface area contributed by atoms with Crippen LogP contribution in [0.4, 0.5) is 4.39 Å². The fourth-order valence-corrected chi connectivity index (χ4v) is 2.82. The molecule has 0 bridgehead atoms. The van der Waals surface area contributed by atoms with Gasteiger partial charge < -0.3 is 10.5 Å². The maximum absolute atomic E-state index is 13.6. The van der Waals surface area contributed by atoms with Gasteiger partial charge in [0.25, 0.3) is 0 Å². The van der Waals surface area contributed by atoms with Gasteiger partial charge in [0.2, 0.25) is 0 Å². The fraction of sp³-hybridized carbons (Fsp3) is 0.200. The third kappa shape index (κ3) is 4.10. The van der Waals surface area contributed by atoms with Crippen molar-refractivity contribution >= 4 is 39.1 Å². The van der Waals surface area contributed by atoms with Crippen molar-refractivity contribution in [3.63, 3.8) is 0 Å². The third-order valence-corrected chi connectivity index (χ3v) is 4.03. The van der Waals surface area contributed by atoms with Crippen molar-refractivity contribution in [2.45, 2.75) is 19.1 Å². The molecule has 0 spiro atoms. The molecule has 0 aliphatic carbocycles. The van der Waals surface area contributed by atoms with Gasteiger partial charge in [-0.15, -0.1) is 0 Å². The number of rotatable bonds is 4. The van der Waals surface area contributed by atoms with Crippen molar-refractivity contribution in [3.8, 4) is 5.75 Å². The summed E-state index contributed by atoms with van der Waals surface area (Å²) in [4.78, 5) is 0. The summed E-state index contributed by atoms with van der Waals surface area (Å²) < 4.78 is 20.0. The van der Waals surface area contributed by atoms with Crippen LogP contribution in [0.5, 0.6) is 5.75 Å². The second-order valence-electron chi connectivity index (χ2n) is 4.65. The summed E-state index contributed by atoms with van der Waals surface area (Å²) in [6, 6.07) is 9.58. The quantitative estimate of drug-likeness (QED) is 0.710. The molecule has 0 aliphatic heterocycles. The maximum atomic E-state index is 13.6. The number of hydrogen-bond acceptors (Lipinski definition) is 2. The van der Waals surface area contributed by atoms with Gasteiger partial charge in [0.15, 0.2) is 0 Å². The molecular weight excluding hydrogens is 380 g/mol. The lowest BCUT2D eigenvalue weighted by Crippen LogP contribution is -2.29. The van der Waals surface area contributed by atoms with E-state index in [9.17, 15) is 4.39 Å². The molecule has 2 unspecified atom stereocenters. The van der Waals surface area contributed by atoms with Crippen LogP contribution in [0.15, 0.2) is 40.9 Å². The minimum absolute atomic E-state index is 0.0225. The zero-order valence-corrected chi connectivity index (χ0v) is 14.2. The highest BCUT2D eigenvalue weighted by Crippen LogP contribution is 2.34. The average molecular weight is 393 g/mol. The molecule has 0 amide bonds. The van der Waals surface area contributed by atoms with Gasteiger partial charge in [-0.2, -0.15) is 0 Å². The van der Waals surface area contributed by atoms with Crippen LogP contribution in [0.25, 0.3) is 0 Å². The van der Waals surface area contributed by atoms with E-state index in [-0.39, 0.29) is 11.1 Å². The van der Waals surface area contributed by atoms with Crippen LogP contribution in [0.1, 0.15) is 18.6 Å². The van der Waals surface area contributed by atoms with Crippen LogP contribution in [-0.2, 0) is 0 Å². The standard InChI is InChI=1S/C15H13BrCl2FNO/c1-8(20)15(9-3-2-4-10(17)5-9)21-14-7-13(19)12(18)6-11(14)16/h2-8,15H,20H2,1H3. The molecule has 0 heterocycles. The van der Waals surface area contributed by atoms with Crippen molar-refractivity contribution in [2.24, 2.45) is 5.73 Å². The average Bonchev–Trinajstić information content (AvgIpc) is 2.41. The van der Waals surface area contributed by atoms with E-state index >= 15 is 0 Å². The van der Waals surface area contributed by atoms with Crippen LogP contribution in [0, 0.1) is 5.82 Å². The Morgan fingerprint density at radius 1 is 1.24 bits per heavy atom. The third-order valence-electron chi connectivity index (χ3n) is 2.88. The van der Waals surface area contributed by atoms with E-state index in [0.29, 0.717) is 15.2 Å². The Balaban J connectivity index is 2.35. The summed E-state index contributed by atoms with van der Waals surface area (Å²) in [7, 11) is 0. The van der Waals surface area contributed by atoms with E-state index in [4.69, 9.17) is 33.7 Å². The minimum atomic E-state index is -0.551. The van der Waals surface area contributed by atoms with Crippen molar-refractivity contribution < 1.29 is 9.13 Å². The van der Waals surface area contributed by atoms with Crippen LogP contribution < -0.4 is 10.5 Å². The number of hydrogen-bond donors (Lipinski definition) is 1. The van der Waals surface area contributed by atoms with Gasteiger partial charge in [0.05, 0.1) is 9.50 Å². The first-order valence-electron chi connectivity index (χ1n) is 6.20. The smallest absolute Gasteiger partial charge is 0.145 e. The highest BCUT2D eigenvalue weighted by molar-refractivity contribution is 9.10. The van der Waals surface area contributed by atoms with E-state index in [1.165, 1.54) is 12.1 Å². The van der Waals surface area contributed by atoms with E-state index < -0.39 is 11.9 Å². The summed E-state index contributed by atoms with van der Waals surface area (Å²) in [5.41, 5.74) is 6.80. The molecule has 2 aromatic carbocycles. The summed E-state index contributed by atoms with van der Waals surface area (Å²) >= 11 is 15.0. The zero-order valence-electron chi connectivity index (χ0n) is 11.1. The van der Waals surface area contributed by atoms with Gasteiger partial charge in [-0.3, -0.25) is 0 Å². The second kappa shape index (κ2) is 6.97. The van der Waals surface area contributed by atoms with Crippen LogP contribution >= 0.6 is 39.1 Å². The maximum Gasteiger partial charge on any atom is 0.145 e. The highest BCUT2D eigenvalue weighted by atomic mass is 79.9. The van der Waals surface area contributed by atoms with Gasteiger partial charge >= 0.3 is 0 Å². The minimum Gasteiger partial charge on any atom is -0.483 e. The van der Waals surface area contributed by atoms with Crippen molar-refractivity contribution in [2.75, 3.05) is 0 Å². The van der Waals surface area contributed by atoms with E-state index in [2.05, 4.69) is 15.9 Å². The summed E-state index contributed by atoms with van der Waals surface area (Å²) in [6.45, 7) is 1.81. The first-order valence-corrected chi connectivity index (χ1v) is 7.75. The molecule has 0 saturated heterocycles. The van der Waals surface area contributed by atoms with Crippen LogP contribution in [0.2, 0.25) is 10.0 Å². The SMILES string of the molecule is CC(N)C(Oc1cc(F)c(Cl)cc1Br)c1cccc(Cl)c1.